The molecule has 0 aromatic carbocycles. The molecule has 1 aliphatic heterocycles. The van der Waals surface area contributed by atoms with E-state index in [4.69, 9.17) is 4.98 Å². The monoisotopic (exact) mass is 328 g/mol. The number of aryl methyl sites for hydroxylation is 3. The summed E-state index contributed by atoms with van der Waals surface area (Å²) in [7, 11) is 1.91. The average Bonchev–Trinajstić information content (AvgIpc) is 3.14. The minimum Gasteiger partial charge on any atom is -0.373 e. The van der Waals surface area contributed by atoms with Crippen LogP contribution in [0.3, 0.4) is 0 Å². The number of nitrogens with one attached hydrogen (secondary N) is 1. The minimum absolute atomic E-state index is 0.363. The maximum Gasteiger partial charge on any atom is 0.129 e. The molecule has 0 aliphatic carbocycles. The van der Waals surface area contributed by atoms with Gasteiger partial charge in [0.15, 0.2) is 0 Å². The normalized spacial score (nSPS) is 18.3. The first-order valence-electron chi connectivity index (χ1n) is 8.83. The van der Waals surface area contributed by atoms with E-state index >= 15 is 0 Å². The fourth-order valence-corrected chi connectivity index (χ4v) is 3.71. The number of aromatic nitrogens is 4. The van der Waals surface area contributed by atoms with Gasteiger partial charge in [-0.1, -0.05) is 0 Å². The minimum atomic E-state index is 0.363. The van der Waals surface area contributed by atoms with Gasteiger partial charge in [-0.15, -0.1) is 0 Å². The molecule has 1 fully saturated rings. The standard InChI is InChI=1S/C18H28N6/c1-6-24-13(3)15(12(2)22-24)11-23-9-7-8-17(23)16-10-18(19-5)21-14(4)20-16/h10,17H,6-9,11H2,1-5H3,(H,19,20,21)/t17-/m0/s1. The second-order valence-corrected chi connectivity index (χ2v) is 6.57. The zero-order valence-corrected chi connectivity index (χ0v) is 15.4. The van der Waals surface area contributed by atoms with Crippen LogP contribution in [0, 0.1) is 20.8 Å². The van der Waals surface area contributed by atoms with Gasteiger partial charge in [0.1, 0.15) is 11.6 Å². The molecule has 0 unspecified atom stereocenters. The topological polar surface area (TPSA) is 58.9 Å². The number of hydrogen-bond donors (Lipinski definition) is 1. The van der Waals surface area contributed by atoms with Crippen molar-refractivity contribution in [3.8, 4) is 0 Å². The molecule has 0 saturated carbocycles. The lowest BCUT2D eigenvalue weighted by Crippen LogP contribution is -2.24. The Morgan fingerprint density at radius 2 is 2.04 bits per heavy atom. The largest absolute Gasteiger partial charge is 0.373 e. The molecule has 3 rings (SSSR count). The van der Waals surface area contributed by atoms with Crippen molar-refractivity contribution in [3.05, 3.63) is 34.5 Å². The lowest BCUT2D eigenvalue weighted by molar-refractivity contribution is 0.243. The van der Waals surface area contributed by atoms with Gasteiger partial charge < -0.3 is 5.32 Å². The van der Waals surface area contributed by atoms with Crippen LogP contribution in [0.5, 0.6) is 0 Å². The van der Waals surface area contributed by atoms with Crippen molar-refractivity contribution in [2.45, 2.75) is 59.7 Å². The van der Waals surface area contributed by atoms with E-state index in [1.54, 1.807) is 0 Å². The summed E-state index contributed by atoms with van der Waals surface area (Å²) in [5.74, 6) is 1.73. The SMILES string of the molecule is CCn1nc(C)c(CN2CCC[C@H]2c2cc(NC)nc(C)n2)c1C. The summed E-state index contributed by atoms with van der Waals surface area (Å²) in [5, 5.41) is 7.81. The lowest BCUT2D eigenvalue weighted by atomic mass is 10.1. The van der Waals surface area contributed by atoms with E-state index in [1.165, 1.54) is 17.7 Å². The molecule has 1 atom stereocenters. The van der Waals surface area contributed by atoms with Crippen molar-refractivity contribution in [3.63, 3.8) is 0 Å². The van der Waals surface area contributed by atoms with Crippen molar-refractivity contribution in [2.24, 2.45) is 0 Å². The molecule has 0 amide bonds. The first kappa shape index (κ1) is 16.9. The van der Waals surface area contributed by atoms with Crippen LogP contribution in [-0.4, -0.2) is 38.2 Å². The first-order valence-corrected chi connectivity index (χ1v) is 8.83. The van der Waals surface area contributed by atoms with E-state index < -0.39 is 0 Å². The van der Waals surface area contributed by atoms with E-state index in [9.17, 15) is 0 Å². The van der Waals surface area contributed by atoms with Crippen molar-refractivity contribution >= 4 is 5.82 Å². The second kappa shape index (κ2) is 6.89. The molecule has 1 saturated heterocycles. The Morgan fingerprint density at radius 3 is 2.71 bits per heavy atom. The number of rotatable bonds is 5. The zero-order chi connectivity index (χ0) is 17.3. The molecule has 130 valence electrons. The highest BCUT2D eigenvalue weighted by Gasteiger charge is 2.29. The number of anilines is 1. The summed E-state index contributed by atoms with van der Waals surface area (Å²) in [4.78, 5) is 11.7. The first-order chi connectivity index (χ1) is 11.5. The molecule has 0 spiro atoms. The zero-order valence-electron chi connectivity index (χ0n) is 15.4. The van der Waals surface area contributed by atoms with Crippen LogP contribution >= 0.6 is 0 Å². The van der Waals surface area contributed by atoms with E-state index in [1.807, 2.05) is 14.0 Å². The van der Waals surface area contributed by atoms with Gasteiger partial charge >= 0.3 is 0 Å². The highest BCUT2D eigenvalue weighted by Crippen LogP contribution is 2.33. The van der Waals surface area contributed by atoms with Gasteiger partial charge in [-0.2, -0.15) is 5.10 Å². The van der Waals surface area contributed by atoms with Gasteiger partial charge in [-0.25, -0.2) is 9.97 Å². The van der Waals surface area contributed by atoms with E-state index in [0.29, 0.717) is 6.04 Å². The van der Waals surface area contributed by atoms with E-state index in [0.717, 1.165) is 49.1 Å². The van der Waals surface area contributed by atoms with Crippen LogP contribution in [-0.2, 0) is 13.1 Å². The molecule has 24 heavy (non-hydrogen) atoms. The summed E-state index contributed by atoms with van der Waals surface area (Å²) >= 11 is 0. The summed E-state index contributed by atoms with van der Waals surface area (Å²) < 4.78 is 2.10. The molecule has 6 heteroatoms. The van der Waals surface area contributed by atoms with Gasteiger partial charge in [0.2, 0.25) is 0 Å². The fraction of sp³-hybridized carbons (Fsp3) is 0.611. The predicted molar refractivity (Wildman–Crippen MR) is 96.1 cm³/mol. The molecule has 2 aromatic heterocycles. The Hall–Kier alpha value is -1.95. The van der Waals surface area contributed by atoms with Gasteiger partial charge in [0, 0.05) is 37.5 Å². The van der Waals surface area contributed by atoms with Crippen LogP contribution < -0.4 is 5.32 Å². The van der Waals surface area contributed by atoms with Crippen LogP contribution in [0.4, 0.5) is 5.82 Å². The van der Waals surface area contributed by atoms with Gasteiger partial charge in [0.25, 0.3) is 0 Å². The Morgan fingerprint density at radius 1 is 1.25 bits per heavy atom. The maximum atomic E-state index is 4.71. The molecule has 1 N–H and O–H groups in total. The summed E-state index contributed by atoms with van der Waals surface area (Å²) in [6.45, 7) is 11.4. The molecule has 0 bridgehead atoms. The average molecular weight is 328 g/mol. The summed E-state index contributed by atoms with van der Waals surface area (Å²) in [5.41, 5.74) is 4.93. The summed E-state index contributed by atoms with van der Waals surface area (Å²) in [6, 6.07) is 2.45. The van der Waals surface area contributed by atoms with Crippen molar-refractivity contribution in [2.75, 3.05) is 18.9 Å². The number of likely N-dealkylation sites (tertiary alicyclic amines) is 1. The second-order valence-electron chi connectivity index (χ2n) is 6.57. The Kier molecular flexibility index (Phi) is 4.85. The molecule has 6 nitrogen and oxygen atoms in total. The van der Waals surface area contributed by atoms with Crippen molar-refractivity contribution < 1.29 is 0 Å². The lowest BCUT2D eigenvalue weighted by Gasteiger charge is -2.24. The molecule has 0 radical (unpaired) electrons. The third-order valence-electron chi connectivity index (χ3n) is 5.01. The highest BCUT2D eigenvalue weighted by atomic mass is 15.3. The Labute approximate surface area is 144 Å². The quantitative estimate of drug-likeness (QED) is 0.914. The maximum absolute atomic E-state index is 4.71. The number of nitrogens with zero attached hydrogens (tertiary/aromatic N) is 5. The molecule has 1 aliphatic rings. The third-order valence-corrected chi connectivity index (χ3v) is 5.01. The van der Waals surface area contributed by atoms with E-state index in [2.05, 4.69) is 51.8 Å². The number of hydrogen-bond acceptors (Lipinski definition) is 5. The van der Waals surface area contributed by atoms with Crippen molar-refractivity contribution in [1.82, 2.24) is 24.6 Å². The van der Waals surface area contributed by atoms with Gasteiger partial charge in [-0.3, -0.25) is 9.58 Å². The van der Waals surface area contributed by atoms with Crippen LogP contribution in [0.1, 0.15) is 54.3 Å². The molecule has 3 heterocycles. The third kappa shape index (κ3) is 3.15. The fourth-order valence-electron chi connectivity index (χ4n) is 3.71. The molecule has 2 aromatic rings. The molecular formula is C18H28N6. The predicted octanol–water partition coefficient (Wildman–Crippen LogP) is 3.00. The van der Waals surface area contributed by atoms with Crippen LogP contribution in [0.25, 0.3) is 0 Å². The van der Waals surface area contributed by atoms with Crippen LogP contribution in [0.15, 0.2) is 6.07 Å². The van der Waals surface area contributed by atoms with E-state index in [-0.39, 0.29) is 0 Å². The van der Waals surface area contributed by atoms with Crippen molar-refractivity contribution in [1.29, 1.82) is 0 Å². The van der Waals surface area contributed by atoms with Gasteiger partial charge in [0.05, 0.1) is 17.4 Å². The Balaban J connectivity index is 1.86. The Bertz CT molecular complexity index is 721. The smallest absolute Gasteiger partial charge is 0.129 e. The van der Waals surface area contributed by atoms with Crippen LogP contribution in [0.2, 0.25) is 0 Å². The summed E-state index contributed by atoms with van der Waals surface area (Å²) in [6.07, 6.45) is 2.36. The molecular weight excluding hydrogens is 300 g/mol. The highest BCUT2D eigenvalue weighted by molar-refractivity contribution is 5.36. The van der Waals surface area contributed by atoms with Gasteiger partial charge in [-0.05, 0) is 47.1 Å².